The minimum absolute atomic E-state index is 0.134. The fraction of sp³-hybridized carbons (Fsp3) is 0.400. The molecular weight excluding hydrogens is 295 g/mol. The Morgan fingerprint density at radius 3 is 2.35 bits per heavy atom. The molecule has 0 amide bonds. The molecule has 0 fully saturated rings. The number of benzene rings is 1. The second-order valence-corrected chi connectivity index (χ2v) is 6.64. The molecule has 0 saturated carbocycles. The summed E-state index contributed by atoms with van der Waals surface area (Å²) < 4.78 is 1.62. The number of aliphatic hydroxyl groups is 1. The third kappa shape index (κ3) is 2.71. The van der Waals surface area contributed by atoms with Gasteiger partial charge in [0, 0.05) is 16.0 Å². The predicted molar refractivity (Wildman–Crippen MR) is 82.9 cm³/mol. The van der Waals surface area contributed by atoms with Gasteiger partial charge in [-0.15, -0.1) is 0 Å². The Balaban J connectivity index is 2.63. The number of aromatic nitrogens is 2. The zero-order valence-electron chi connectivity index (χ0n) is 12.0. The Morgan fingerprint density at radius 1 is 1.25 bits per heavy atom. The molecule has 0 atom stereocenters. The van der Waals surface area contributed by atoms with E-state index >= 15 is 0 Å². The first kappa shape index (κ1) is 15.4. The second kappa shape index (κ2) is 5.40. The van der Waals surface area contributed by atoms with Gasteiger partial charge in [0.05, 0.1) is 18.0 Å². The van der Waals surface area contributed by atoms with Gasteiger partial charge in [-0.1, -0.05) is 50.0 Å². The number of aliphatic hydroxyl groups excluding tert-OH is 1. The first-order valence-electron chi connectivity index (χ1n) is 6.41. The standard InChI is InChI=1S/C15H18Cl2N2O/c1-9-5-6-10(7-12(9)16)19-14(17)11(8-20)13(18-19)15(2,3)4/h5-7,20H,8H2,1-4H3. The topological polar surface area (TPSA) is 38.0 Å². The van der Waals surface area contributed by atoms with Crippen LogP contribution in [0.15, 0.2) is 18.2 Å². The molecule has 0 saturated heterocycles. The van der Waals surface area contributed by atoms with Crippen molar-refractivity contribution in [2.24, 2.45) is 0 Å². The fourth-order valence-electron chi connectivity index (χ4n) is 2.06. The average molecular weight is 313 g/mol. The van der Waals surface area contributed by atoms with E-state index in [1.54, 1.807) is 4.68 Å². The minimum atomic E-state index is -0.193. The first-order valence-corrected chi connectivity index (χ1v) is 7.16. The lowest BCUT2D eigenvalue weighted by atomic mass is 9.90. The van der Waals surface area contributed by atoms with E-state index in [-0.39, 0.29) is 12.0 Å². The summed E-state index contributed by atoms with van der Waals surface area (Å²) in [6.07, 6.45) is 0. The molecule has 1 aromatic carbocycles. The van der Waals surface area contributed by atoms with E-state index in [1.807, 2.05) is 45.9 Å². The van der Waals surface area contributed by atoms with Gasteiger partial charge in [-0.2, -0.15) is 5.10 Å². The van der Waals surface area contributed by atoms with Crippen LogP contribution in [0.3, 0.4) is 0 Å². The van der Waals surface area contributed by atoms with Crippen LogP contribution < -0.4 is 0 Å². The van der Waals surface area contributed by atoms with E-state index in [2.05, 4.69) is 5.10 Å². The number of hydrogen-bond donors (Lipinski definition) is 1. The molecule has 1 aromatic heterocycles. The summed E-state index contributed by atoms with van der Waals surface area (Å²) in [5.74, 6) is 0. The van der Waals surface area contributed by atoms with Gasteiger partial charge in [0.2, 0.25) is 0 Å². The number of hydrogen-bond acceptors (Lipinski definition) is 2. The highest BCUT2D eigenvalue weighted by Gasteiger charge is 2.26. The summed E-state index contributed by atoms with van der Waals surface area (Å²) in [6, 6.07) is 5.65. The molecular formula is C15H18Cl2N2O. The van der Waals surface area contributed by atoms with E-state index in [1.165, 1.54) is 0 Å². The molecule has 108 valence electrons. The summed E-state index contributed by atoms with van der Waals surface area (Å²) >= 11 is 12.5. The maximum Gasteiger partial charge on any atom is 0.138 e. The molecule has 2 aromatic rings. The Morgan fingerprint density at radius 2 is 1.90 bits per heavy atom. The van der Waals surface area contributed by atoms with Gasteiger partial charge in [0.15, 0.2) is 0 Å². The quantitative estimate of drug-likeness (QED) is 0.899. The lowest BCUT2D eigenvalue weighted by Crippen LogP contribution is -2.15. The number of nitrogens with zero attached hydrogens (tertiary/aromatic N) is 2. The Hall–Kier alpha value is -1.03. The van der Waals surface area contributed by atoms with Crippen molar-refractivity contribution in [1.82, 2.24) is 9.78 Å². The van der Waals surface area contributed by atoms with Crippen LogP contribution >= 0.6 is 23.2 Å². The Kier molecular flexibility index (Phi) is 4.14. The maximum atomic E-state index is 9.56. The fourth-order valence-corrected chi connectivity index (χ4v) is 2.52. The van der Waals surface area contributed by atoms with Crippen LogP contribution in [-0.2, 0) is 12.0 Å². The number of aryl methyl sites for hydroxylation is 1. The molecule has 1 N–H and O–H groups in total. The van der Waals surface area contributed by atoms with Gasteiger partial charge in [0.25, 0.3) is 0 Å². The van der Waals surface area contributed by atoms with E-state index in [9.17, 15) is 5.11 Å². The molecule has 0 aliphatic rings. The smallest absolute Gasteiger partial charge is 0.138 e. The Bertz CT molecular complexity index is 642. The van der Waals surface area contributed by atoms with Crippen LogP contribution in [0.4, 0.5) is 0 Å². The number of halogens is 2. The highest BCUT2D eigenvalue weighted by atomic mass is 35.5. The molecule has 0 aliphatic carbocycles. The molecule has 0 radical (unpaired) electrons. The SMILES string of the molecule is Cc1ccc(-n2nc(C(C)(C)C)c(CO)c2Cl)cc1Cl. The van der Waals surface area contributed by atoms with Crippen LogP contribution in [0.2, 0.25) is 10.2 Å². The van der Waals surface area contributed by atoms with Crippen molar-refractivity contribution >= 4 is 23.2 Å². The van der Waals surface area contributed by atoms with E-state index < -0.39 is 0 Å². The van der Waals surface area contributed by atoms with Crippen molar-refractivity contribution in [3.63, 3.8) is 0 Å². The average Bonchev–Trinajstić information content (AvgIpc) is 2.69. The van der Waals surface area contributed by atoms with Crippen LogP contribution in [-0.4, -0.2) is 14.9 Å². The van der Waals surface area contributed by atoms with Crippen LogP contribution in [0.25, 0.3) is 5.69 Å². The highest BCUT2D eigenvalue weighted by molar-refractivity contribution is 6.32. The van der Waals surface area contributed by atoms with Crippen molar-refractivity contribution in [2.75, 3.05) is 0 Å². The van der Waals surface area contributed by atoms with Gasteiger partial charge >= 0.3 is 0 Å². The van der Waals surface area contributed by atoms with Crippen molar-refractivity contribution in [1.29, 1.82) is 0 Å². The first-order chi connectivity index (χ1) is 9.25. The van der Waals surface area contributed by atoms with E-state index in [0.717, 1.165) is 16.9 Å². The summed E-state index contributed by atoms with van der Waals surface area (Å²) in [5, 5.41) is 15.2. The second-order valence-electron chi connectivity index (χ2n) is 5.87. The zero-order valence-corrected chi connectivity index (χ0v) is 13.5. The van der Waals surface area contributed by atoms with Gasteiger partial charge in [-0.05, 0) is 24.6 Å². The Labute approximate surface area is 129 Å². The van der Waals surface area contributed by atoms with Gasteiger partial charge in [-0.25, -0.2) is 4.68 Å². The molecule has 0 spiro atoms. The molecule has 20 heavy (non-hydrogen) atoms. The molecule has 2 rings (SSSR count). The third-order valence-electron chi connectivity index (χ3n) is 3.19. The summed E-state index contributed by atoms with van der Waals surface area (Å²) in [5.41, 5.74) is 3.05. The van der Waals surface area contributed by atoms with Gasteiger partial charge < -0.3 is 5.11 Å². The summed E-state index contributed by atoms with van der Waals surface area (Å²) in [4.78, 5) is 0. The minimum Gasteiger partial charge on any atom is -0.391 e. The van der Waals surface area contributed by atoms with E-state index in [0.29, 0.717) is 15.7 Å². The molecule has 0 aliphatic heterocycles. The molecule has 0 unspecified atom stereocenters. The van der Waals surface area contributed by atoms with Gasteiger partial charge in [0.1, 0.15) is 5.15 Å². The van der Waals surface area contributed by atoms with Crippen LogP contribution in [0.5, 0.6) is 0 Å². The zero-order chi connectivity index (χ0) is 15.1. The van der Waals surface area contributed by atoms with Crippen LogP contribution in [0.1, 0.15) is 37.6 Å². The molecule has 0 bridgehead atoms. The van der Waals surface area contributed by atoms with Crippen LogP contribution in [0, 0.1) is 6.92 Å². The van der Waals surface area contributed by atoms with Crippen molar-refractivity contribution in [2.45, 2.75) is 39.7 Å². The third-order valence-corrected chi connectivity index (χ3v) is 3.98. The highest BCUT2D eigenvalue weighted by Crippen LogP contribution is 2.32. The van der Waals surface area contributed by atoms with Gasteiger partial charge in [-0.3, -0.25) is 0 Å². The lowest BCUT2D eigenvalue weighted by molar-refractivity contribution is 0.278. The van der Waals surface area contributed by atoms with Crippen molar-refractivity contribution < 1.29 is 5.11 Å². The number of rotatable bonds is 2. The lowest BCUT2D eigenvalue weighted by Gasteiger charge is -2.16. The van der Waals surface area contributed by atoms with Crippen molar-refractivity contribution in [3.8, 4) is 5.69 Å². The predicted octanol–water partition coefficient (Wildman–Crippen LogP) is 4.28. The molecule has 5 heteroatoms. The summed E-state index contributed by atoms with van der Waals surface area (Å²) in [6.45, 7) is 7.92. The molecule has 1 heterocycles. The monoisotopic (exact) mass is 312 g/mol. The molecule has 3 nitrogen and oxygen atoms in total. The van der Waals surface area contributed by atoms with E-state index in [4.69, 9.17) is 23.2 Å². The van der Waals surface area contributed by atoms with Crippen molar-refractivity contribution in [3.05, 3.63) is 45.2 Å². The largest absolute Gasteiger partial charge is 0.391 e. The summed E-state index contributed by atoms with van der Waals surface area (Å²) in [7, 11) is 0. The maximum absolute atomic E-state index is 9.56. The normalized spacial score (nSPS) is 11.9.